The summed E-state index contributed by atoms with van der Waals surface area (Å²) in [4.78, 5) is 23.0. The molecule has 1 amide bonds. The number of hydrogen-bond donors (Lipinski definition) is 3. The van der Waals surface area contributed by atoms with Gasteiger partial charge in [0.15, 0.2) is 0 Å². The number of carboxylic acid groups (broad SMARTS) is 1. The van der Waals surface area contributed by atoms with Crippen molar-refractivity contribution in [1.29, 1.82) is 0 Å². The second-order valence-electron chi connectivity index (χ2n) is 5.62. The van der Waals surface area contributed by atoms with Gasteiger partial charge in [0.1, 0.15) is 0 Å². The monoisotopic (exact) mass is 340 g/mol. The highest BCUT2D eigenvalue weighted by atomic mass is 32.2. The molecule has 1 aliphatic carbocycles. The number of carbonyl (C=O) groups is 2. The van der Waals surface area contributed by atoms with Gasteiger partial charge < -0.3 is 10.4 Å². The Kier molecular flexibility index (Phi) is 5.25. The Morgan fingerprint density at radius 2 is 1.70 bits per heavy atom. The first-order valence-corrected chi connectivity index (χ1v) is 9.10. The molecular weight excluding hydrogens is 320 g/mol. The minimum Gasteiger partial charge on any atom is -0.481 e. The number of carbonyl (C=O) groups excluding carboxylic acids is 1. The van der Waals surface area contributed by atoms with E-state index in [1.807, 2.05) is 0 Å². The molecule has 0 spiro atoms. The quantitative estimate of drug-likeness (QED) is 0.732. The highest BCUT2D eigenvalue weighted by Crippen LogP contribution is 2.32. The molecule has 126 valence electrons. The number of anilines is 2. The van der Waals surface area contributed by atoms with E-state index < -0.39 is 21.9 Å². The van der Waals surface area contributed by atoms with Crippen LogP contribution in [-0.4, -0.2) is 31.2 Å². The van der Waals surface area contributed by atoms with Gasteiger partial charge in [-0.2, -0.15) is 0 Å². The van der Waals surface area contributed by atoms with Crippen LogP contribution in [0.1, 0.15) is 26.2 Å². The fraction of sp³-hybridized carbons (Fsp3) is 0.467. The van der Waals surface area contributed by atoms with Crippen molar-refractivity contribution >= 4 is 33.3 Å². The van der Waals surface area contributed by atoms with Crippen molar-refractivity contribution in [2.75, 3.05) is 15.8 Å². The molecule has 23 heavy (non-hydrogen) atoms. The summed E-state index contributed by atoms with van der Waals surface area (Å²) in [5.74, 6) is -1.81. The molecule has 0 saturated heterocycles. The van der Waals surface area contributed by atoms with Gasteiger partial charge in [-0.05, 0) is 50.5 Å². The van der Waals surface area contributed by atoms with Gasteiger partial charge in [0, 0.05) is 17.3 Å². The maximum absolute atomic E-state index is 12.1. The molecule has 7 nitrogen and oxygen atoms in total. The lowest BCUT2D eigenvalue weighted by Gasteiger charge is -2.12. The minimum atomic E-state index is -3.33. The largest absolute Gasteiger partial charge is 0.481 e. The molecule has 1 aromatic rings. The van der Waals surface area contributed by atoms with E-state index in [4.69, 9.17) is 5.11 Å². The first kappa shape index (κ1) is 17.3. The third-order valence-corrected chi connectivity index (χ3v) is 5.27. The molecule has 2 rings (SSSR count). The maximum atomic E-state index is 12.1. The van der Waals surface area contributed by atoms with Crippen LogP contribution in [-0.2, 0) is 19.6 Å². The third-order valence-electron chi connectivity index (χ3n) is 3.96. The van der Waals surface area contributed by atoms with Crippen LogP contribution in [0.15, 0.2) is 24.3 Å². The van der Waals surface area contributed by atoms with Crippen LogP contribution in [0, 0.1) is 11.8 Å². The molecule has 2 atom stereocenters. The molecule has 8 heteroatoms. The second-order valence-corrected chi connectivity index (χ2v) is 7.63. The number of aliphatic carboxylic acids is 1. The van der Waals surface area contributed by atoms with Gasteiger partial charge in [0.05, 0.1) is 11.7 Å². The molecule has 1 saturated carbocycles. The van der Waals surface area contributed by atoms with E-state index in [1.165, 1.54) is 0 Å². The van der Waals surface area contributed by atoms with Crippen LogP contribution in [0.5, 0.6) is 0 Å². The Morgan fingerprint density at radius 3 is 2.22 bits per heavy atom. The van der Waals surface area contributed by atoms with Crippen molar-refractivity contribution in [1.82, 2.24) is 0 Å². The van der Waals surface area contributed by atoms with Crippen LogP contribution in [0.2, 0.25) is 0 Å². The molecule has 1 aliphatic rings. The fourth-order valence-corrected chi connectivity index (χ4v) is 3.20. The summed E-state index contributed by atoms with van der Waals surface area (Å²) in [7, 11) is -3.33. The molecular formula is C15H20N2O5S. The predicted octanol–water partition coefficient (Wildman–Crippen LogP) is 1.89. The smallest absolute Gasteiger partial charge is 0.306 e. The number of hydrogen-bond acceptors (Lipinski definition) is 4. The Hall–Kier alpha value is -2.09. The Labute approximate surface area is 135 Å². The topological polar surface area (TPSA) is 113 Å². The molecule has 0 aromatic heterocycles. The van der Waals surface area contributed by atoms with Crippen LogP contribution >= 0.6 is 0 Å². The van der Waals surface area contributed by atoms with Gasteiger partial charge in [-0.25, -0.2) is 8.42 Å². The summed E-state index contributed by atoms with van der Waals surface area (Å²) in [6.07, 6.45) is 1.44. The van der Waals surface area contributed by atoms with E-state index in [1.54, 1.807) is 31.2 Å². The Balaban J connectivity index is 1.93. The summed E-state index contributed by atoms with van der Waals surface area (Å²) in [6.45, 7) is 1.54. The van der Waals surface area contributed by atoms with Crippen molar-refractivity contribution < 1.29 is 23.1 Å². The van der Waals surface area contributed by atoms with Crippen LogP contribution in [0.4, 0.5) is 11.4 Å². The van der Waals surface area contributed by atoms with Crippen molar-refractivity contribution in [3.05, 3.63) is 24.3 Å². The molecule has 0 unspecified atom stereocenters. The first-order valence-electron chi connectivity index (χ1n) is 7.45. The van der Waals surface area contributed by atoms with Crippen molar-refractivity contribution in [2.45, 2.75) is 26.2 Å². The lowest BCUT2D eigenvalue weighted by atomic mass is 10.0. The summed E-state index contributed by atoms with van der Waals surface area (Å²) < 4.78 is 25.3. The van der Waals surface area contributed by atoms with Gasteiger partial charge in [-0.1, -0.05) is 0 Å². The lowest BCUT2D eigenvalue weighted by Crippen LogP contribution is -2.21. The van der Waals surface area contributed by atoms with Gasteiger partial charge in [-0.15, -0.1) is 0 Å². The van der Waals surface area contributed by atoms with Gasteiger partial charge in [-0.3, -0.25) is 14.3 Å². The van der Waals surface area contributed by atoms with E-state index in [-0.39, 0.29) is 17.6 Å². The van der Waals surface area contributed by atoms with Crippen molar-refractivity contribution in [3.8, 4) is 0 Å². The van der Waals surface area contributed by atoms with Crippen LogP contribution in [0.3, 0.4) is 0 Å². The van der Waals surface area contributed by atoms with E-state index in [0.717, 1.165) is 0 Å². The van der Waals surface area contributed by atoms with Gasteiger partial charge >= 0.3 is 5.97 Å². The Bertz CT molecular complexity index is 684. The van der Waals surface area contributed by atoms with Crippen LogP contribution in [0.25, 0.3) is 0 Å². The summed E-state index contributed by atoms with van der Waals surface area (Å²) >= 11 is 0. The molecule has 3 N–H and O–H groups in total. The zero-order chi connectivity index (χ0) is 17.0. The second kappa shape index (κ2) is 6.99. The Morgan fingerprint density at radius 1 is 1.13 bits per heavy atom. The summed E-state index contributed by atoms with van der Waals surface area (Å²) in [5.41, 5.74) is 0.977. The number of amides is 1. The standard InChI is InChI=1S/C15H20N2O5S/c1-2-23(21,22)17-13-7-5-12(6-8-13)16-14(18)10-3-4-11(9-10)15(19)20/h5-8,10-11,17H,2-4,9H2,1H3,(H,16,18)(H,19,20)/t10-,11+/m1/s1. The minimum absolute atomic E-state index is 0.0160. The third kappa shape index (κ3) is 4.69. The number of carboxylic acids is 1. The zero-order valence-corrected chi connectivity index (χ0v) is 13.6. The van der Waals surface area contributed by atoms with E-state index in [2.05, 4.69) is 10.0 Å². The molecule has 0 heterocycles. The highest BCUT2D eigenvalue weighted by molar-refractivity contribution is 7.92. The summed E-state index contributed by atoms with van der Waals surface area (Å²) in [5, 5.41) is 11.7. The van der Waals surface area contributed by atoms with Crippen molar-refractivity contribution in [3.63, 3.8) is 0 Å². The first-order chi connectivity index (χ1) is 10.8. The maximum Gasteiger partial charge on any atom is 0.306 e. The molecule has 1 aromatic carbocycles. The van der Waals surface area contributed by atoms with E-state index in [9.17, 15) is 18.0 Å². The van der Waals surface area contributed by atoms with E-state index >= 15 is 0 Å². The fourth-order valence-electron chi connectivity index (χ4n) is 2.56. The molecule has 0 bridgehead atoms. The number of sulfonamides is 1. The summed E-state index contributed by atoms with van der Waals surface area (Å²) in [6, 6.07) is 6.35. The number of nitrogens with one attached hydrogen (secondary N) is 2. The van der Waals surface area contributed by atoms with Crippen molar-refractivity contribution in [2.24, 2.45) is 11.8 Å². The average molecular weight is 340 g/mol. The SMILES string of the molecule is CCS(=O)(=O)Nc1ccc(NC(=O)[C@@H]2CC[C@H](C(=O)O)C2)cc1. The lowest BCUT2D eigenvalue weighted by molar-refractivity contribution is -0.141. The normalized spacial score (nSPS) is 20.9. The van der Waals surface area contributed by atoms with Crippen LogP contribution < -0.4 is 10.0 Å². The molecule has 0 radical (unpaired) electrons. The van der Waals surface area contributed by atoms with Gasteiger partial charge in [0.25, 0.3) is 0 Å². The average Bonchev–Trinajstić information content (AvgIpc) is 2.99. The van der Waals surface area contributed by atoms with Gasteiger partial charge in [0.2, 0.25) is 15.9 Å². The van der Waals surface area contributed by atoms with E-state index in [0.29, 0.717) is 30.6 Å². The number of rotatable bonds is 6. The molecule has 1 fully saturated rings. The highest BCUT2D eigenvalue weighted by Gasteiger charge is 2.33. The zero-order valence-electron chi connectivity index (χ0n) is 12.8. The molecule has 0 aliphatic heterocycles. The number of benzene rings is 1. The predicted molar refractivity (Wildman–Crippen MR) is 86.6 cm³/mol.